The molecular weight excluding hydrogens is 608 g/mol. The summed E-state index contributed by atoms with van der Waals surface area (Å²) in [5.74, 6) is -0.710. The zero-order chi connectivity index (χ0) is 31.1. The monoisotopic (exact) mass is 630 g/mol. The van der Waals surface area contributed by atoms with E-state index in [1.54, 1.807) is 0 Å². The van der Waals surface area contributed by atoms with Gasteiger partial charge in [-0.1, -0.05) is 12.1 Å². The van der Waals surface area contributed by atoms with Crippen molar-refractivity contribution in [2.24, 2.45) is 0 Å². The Morgan fingerprint density at radius 1 is 1.12 bits per heavy atom. The summed E-state index contributed by atoms with van der Waals surface area (Å²) in [5.41, 5.74) is -6.30. The molecule has 1 aliphatic rings. The molecule has 42 heavy (non-hydrogen) atoms. The van der Waals surface area contributed by atoms with Gasteiger partial charge in [0.15, 0.2) is 6.29 Å². The number of phosphoric ester groups is 1. The Morgan fingerprint density at radius 3 is 2.21 bits per heavy atom. The fourth-order valence-corrected chi connectivity index (χ4v) is 4.76. The van der Waals surface area contributed by atoms with Crippen molar-refractivity contribution in [1.29, 1.82) is 0 Å². The number of hydrogen-bond acceptors (Lipinski definition) is 7. The first-order chi connectivity index (χ1) is 19.4. The van der Waals surface area contributed by atoms with Gasteiger partial charge in [-0.05, 0) is 48.4 Å². The third-order valence-corrected chi connectivity index (χ3v) is 6.93. The summed E-state index contributed by atoms with van der Waals surface area (Å²) in [6.45, 7) is 0.0749. The van der Waals surface area contributed by atoms with Crippen LogP contribution in [0, 0.1) is 5.82 Å². The molecular formula is C23H22F7N4O7P. The van der Waals surface area contributed by atoms with Crippen LogP contribution in [0.2, 0.25) is 0 Å². The second kappa shape index (κ2) is 11.4. The van der Waals surface area contributed by atoms with Crippen LogP contribution in [0.3, 0.4) is 0 Å². The van der Waals surface area contributed by atoms with Crippen LogP contribution in [0.4, 0.5) is 36.7 Å². The number of phosphoric acid groups is 1. The molecule has 0 aliphatic carbocycles. The lowest BCUT2D eigenvalue weighted by atomic mass is 9.87. The molecule has 0 bridgehead atoms. The van der Waals surface area contributed by atoms with E-state index in [1.165, 1.54) is 24.0 Å². The van der Waals surface area contributed by atoms with E-state index >= 15 is 0 Å². The van der Waals surface area contributed by atoms with E-state index in [9.17, 15) is 49.9 Å². The van der Waals surface area contributed by atoms with E-state index in [0.717, 1.165) is 12.1 Å². The first-order valence-electron chi connectivity index (χ1n) is 11.8. The molecule has 19 heteroatoms. The first kappa shape index (κ1) is 31.7. The summed E-state index contributed by atoms with van der Waals surface area (Å²) in [6.07, 6.45) is -14.1. The first-order valence-corrected chi connectivity index (χ1v) is 13.4. The molecule has 1 aromatic heterocycles. The number of anilines is 1. The van der Waals surface area contributed by atoms with Crippen LogP contribution >= 0.6 is 7.82 Å². The van der Waals surface area contributed by atoms with Crippen molar-refractivity contribution < 1.29 is 59.1 Å². The van der Waals surface area contributed by atoms with Crippen molar-refractivity contribution in [3.63, 3.8) is 0 Å². The minimum atomic E-state index is -5.31. The number of nitrogens with zero attached hydrogens (tertiary/aromatic N) is 2. The number of H-pyrrole nitrogens is 2. The summed E-state index contributed by atoms with van der Waals surface area (Å²) >= 11 is 0. The largest absolute Gasteiger partial charge is 0.469 e. The average molecular weight is 630 g/mol. The molecule has 0 radical (unpaired) electrons. The van der Waals surface area contributed by atoms with E-state index < -0.39 is 72.9 Å². The standard InChI is InChI=1S/C23H22F7N4O7P/c1-21(13-2-4-16(24)5-3-13)18(39-7-6-34(21)19-31-20(35)33-32-19)41-17(11-40-42(36,37)38)12-8-14(22(25,26)27)10-15(9-12)23(28,29)30/h2-5,8-10,17-18H,6-7,11H2,1H3,(H2,36,37,38)(H2,31,32,33,35)/t17-,18-,21+/m1/s1. The maximum Gasteiger partial charge on any atom is 0.469 e. The van der Waals surface area contributed by atoms with Crippen LogP contribution < -0.4 is 10.6 Å². The molecule has 230 valence electrons. The molecule has 4 rings (SSSR count). The molecule has 4 N–H and O–H groups in total. The van der Waals surface area contributed by atoms with Gasteiger partial charge in [0.25, 0.3) is 0 Å². The van der Waals surface area contributed by atoms with Gasteiger partial charge in [-0.3, -0.25) is 9.51 Å². The summed E-state index contributed by atoms with van der Waals surface area (Å²) in [7, 11) is -5.31. The Hall–Kier alpha value is -3.28. The summed E-state index contributed by atoms with van der Waals surface area (Å²) in [6, 6.07) is 5.24. The van der Waals surface area contributed by atoms with Crippen molar-refractivity contribution in [3.8, 4) is 0 Å². The third kappa shape index (κ3) is 7.02. The molecule has 3 aromatic rings. The van der Waals surface area contributed by atoms with E-state index in [0.29, 0.717) is 12.1 Å². The van der Waals surface area contributed by atoms with E-state index in [2.05, 4.69) is 19.7 Å². The van der Waals surface area contributed by atoms with Gasteiger partial charge in [0.2, 0.25) is 5.95 Å². The Kier molecular flexibility index (Phi) is 8.61. The molecule has 0 spiro atoms. The van der Waals surface area contributed by atoms with Gasteiger partial charge < -0.3 is 24.2 Å². The van der Waals surface area contributed by atoms with E-state index in [-0.39, 0.29) is 30.7 Å². The Balaban J connectivity index is 1.85. The van der Waals surface area contributed by atoms with Gasteiger partial charge in [-0.25, -0.2) is 18.8 Å². The quantitative estimate of drug-likeness (QED) is 0.212. The number of aromatic nitrogens is 3. The molecule has 1 saturated heterocycles. The fraction of sp³-hybridized carbons (Fsp3) is 0.391. The molecule has 2 aromatic carbocycles. The number of halogens is 7. The smallest absolute Gasteiger partial charge is 0.348 e. The molecule has 1 aliphatic heterocycles. The molecule has 11 nitrogen and oxygen atoms in total. The molecule has 0 saturated carbocycles. The van der Waals surface area contributed by atoms with Gasteiger partial charge in [0, 0.05) is 6.54 Å². The van der Waals surface area contributed by atoms with Crippen molar-refractivity contribution in [2.45, 2.75) is 37.2 Å². The highest BCUT2D eigenvalue weighted by molar-refractivity contribution is 7.46. The zero-order valence-electron chi connectivity index (χ0n) is 21.2. The zero-order valence-corrected chi connectivity index (χ0v) is 22.1. The lowest BCUT2D eigenvalue weighted by Crippen LogP contribution is -2.60. The lowest BCUT2D eigenvalue weighted by molar-refractivity contribution is -0.225. The Bertz CT molecular complexity index is 1470. The molecule has 0 amide bonds. The highest BCUT2D eigenvalue weighted by Gasteiger charge is 2.49. The third-order valence-electron chi connectivity index (χ3n) is 6.44. The second-order valence-electron chi connectivity index (χ2n) is 9.26. The minimum Gasteiger partial charge on any atom is -0.348 e. The van der Waals surface area contributed by atoms with Gasteiger partial charge >= 0.3 is 25.9 Å². The average Bonchev–Trinajstić information content (AvgIpc) is 3.31. The number of benzene rings is 2. The van der Waals surface area contributed by atoms with Crippen LogP contribution in [-0.4, -0.2) is 51.0 Å². The predicted molar refractivity (Wildman–Crippen MR) is 128 cm³/mol. The Morgan fingerprint density at radius 2 is 1.71 bits per heavy atom. The lowest BCUT2D eigenvalue weighted by Gasteiger charge is -2.50. The number of aromatic amines is 2. The SMILES string of the molecule is C[C@]1(c2ccc(F)cc2)[C@@H](O[C@H](COP(=O)(O)O)c2cc(C(F)(F)F)cc(C(F)(F)F)c2)OCCN1c1n[nH]c(=O)[nH]1. The van der Waals surface area contributed by atoms with Crippen LogP contribution in [0.5, 0.6) is 0 Å². The predicted octanol–water partition coefficient (Wildman–Crippen LogP) is 4.22. The fourth-order valence-electron chi connectivity index (χ4n) is 4.43. The van der Waals surface area contributed by atoms with Gasteiger partial charge in [0.1, 0.15) is 17.5 Å². The summed E-state index contributed by atoms with van der Waals surface area (Å²) in [4.78, 5) is 34.1. The highest BCUT2D eigenvalue weighted by Crippen LogP contribution is 2.44. The number of alkyl halides is 6. The number of rotatable bonds is 8. The Labute approximate surface area is 231 Å². The van der Waals surface area contributed by atoms with Gasteiger partial charge in [-0.2, -0.15) is 26.3 Å². The molecule has 3 atom stereocenters. The maximum absolute atomic E-state index is 13.8. The minimum absolute atomic E-state index is 0.0138. The van der Waals surface area contributed by atoms with E-state index in [1.807, 2.05) is 0 Å². The van der Waals surface area contributed by atoms with E-state index in [4.69, 9.17) is 9.47 Å². The highest BCUT2D eigenvalue weighted by atomic mass is 31.2. The van der Waals surface area contributed by atoms with Gasteiger partial charge in [0.05, 0.1) is 24.3 Å². The number of hydrogen-bond donors (Lipinski definition) is 4. The van der Waals surface area contributed by atoms with Crippen LogP contribution in [0.25, 0.3) is 0 Å². The number of ether oxygens (including phenoxy) is 2. The molecule has 2 heterocycles. The molecule has 0 unspecified atom stereocenters. The van der Waals surface area contributed by atoms with Crippen molar-refractivity contribution in [3.05, 3.63) is 81.0 Å². The summed E-state index contributed by atoms with van der Waals surface area (Å²) < 4.78 is 123. The number of nitrogens with one attached hydrogen (secondary N) is 2. The van der Waals surface area contributed by atoms with Crippen LogP contribution in [-0.2, 0) is 36.5 Å². The molecule has 1 fully saturated rings. The normalized spacial score (nSPS) is 21.0. The van der Waals surface area contributed by atoms with Crippen LogP contribution in [0.1, 0.15) is 35.3 Å². The topological polar surface area (TPSA) is 150 Å². The second-order valence-corrected chi connectivity index (χ2v) is 10.5. The van der Waals surface area contributed by atoms with Crippen LogP contribution in [0.15, 0.2) is 47.3 Å². The number of morpholine rings is 1. The van der Waals surface area contributed by atoms with Crippen molar-refractivity contribution in [1.82, 2.24) is 15.2 Å². The van der Waals surface area contributed by atoms with Gasteiger partial charge in [-0.15, -0.1) is 5.10 Å². The van der Waals surface area contributed by atoms with Crippen molar-refractivity contribution >= 4 is 13.8 Å². The van der Waals surface area contributed by atoms with Crippen molar-refractivity contribution in [2.75, 3.05) is 24.7 Å². The summed E-state index contributed by atoms with van der Waals surface area (Å²) in [5, 5.41) is 6.02. The maximum atomic E-state index is 13.8.